The molecule has 2 saturated carbocycles. The number of carbonyl (C=O) groups excluding carboxylic acids is 1. The van der Waals surface area contributed by atoms with E-state index in [-0.39, 0.29) is 16.9 Å². The second kappa shape index (κ2) is 6.11. The van der Waals surface area contributed by atoms with E-state index in [4.69, 9.17) is 16.3 Å². The molecule has 1 heterocycles. The van der Waals surface area contributed by atoms with Crippen molar-refractivity contribution in [2.24, 2.45) is 11.8 Å². The molecule has 0 N–H and O–H groups in total. The molecule has 0 spiro atoms. The molecule has 2 fully saturated rings. The molecule has 22 heavy (non-hydrogen) atoms. The van der Waals surface area contributed by atoms with Gasteiger partial charge in [-0.25, -0.2) is 8.42 Å². The number of likely N-dealkylation sites (N-methyl/N-ethyl adjacent to an activating group) is 1. The molecule has 1 aromatic rings. The second-order valence-corrected chi connectivity index (χ2v) is 10.0. The van der Waals surface area contributed by atoms with E-state index < -0.39 is 16.0 Å². The lowest BCUT2D eigenvalue weighted by Gasteiger charge is -2.23. The van der Waals surface area contributed by atoms with Crippen LogP contribution in [0.25, 0.3) is 0 Å². The smallest absolute Gasteiger partial charge is 0.321 e. The van der Waals surface area contributed by atoms with Crippen LogP contribution in [0.4, 0.5) is 0 Å². The highest BCUT2D eigenvalue weighted by molar-refractivity contribution is 7.91. The fourth-order valence-electron chi connectivity index (χ4n) is 3.39. The molecule has 0 aromatic carbocycles. The molecule has 2 bridgehead atoms. The van der Waals surface area contributed by atoms with E-state index in [1.165, 1.54) is 25.6 Å². The second-order valence-electron chi connectivity index (χ2n) is 6.02. The van der Waals surface area contributed by atoms with Crippen LogP contribution in [0, 0.1) is 11.8 Å². The number of hydrogen-bond acceptors (Lipinski definition) is 5. The van der Waals surface area contributed by atoms with Crippen LogP contribution in [-0.4, -0.2) is 38.4 Å². The maximum atomic E-state index is 12.3. The van der Waals surface area contributed by atoms with Gasteiger partial charge in [-0.05, 0) is 49.7 Å². The molecule has 0 aliphatic heterocycles. The van der Waals surface area contributed by atoms with E-state index >= 15 is 0 Å². The molecule has 0 saturated heterocycles. The summed E-state index contributed by atoms with van der Waals surface area (Å²) >= 11 is 6.75. The molecule has 122 valence electrons. The Hall–Kier alpha value is -0.630. The maximum Gasteiger partial charge on any atom is 0.321 e. The minimum Gasteiger partial charge on any atom is -0.461 e. The Labute approximate surface area is 139 Å². The average Bonchev–Trinajstić information content (AvgIpc) is 3.14. The highest BCUT2D eigenvalue weighted by atomic mass is 35.5. The largest absolute Gasteiger partial charge is 0.461 e. The van der Waals surface area contributed by atoms with Gasteiger partial charge in [0, 0.05) is 7.05 Å². The van der Waals surface area contributed by atoms with Crippen LogP contribution >= 0.6 is 22.9 Å². The van der Waals surface area contributed by atoms with Crippen molar-refractivity contribution in [1.82, 2.24) is 4.31 Å². The molecular weight excluding hydrogens is 346 g/mol. The zero-order valence-corrected chi connectivity index (χ0v) is 14.6. The van der Waals surface area contributed by atoms with E-state index in [0.29, 0.717) is 16.2 Å². The summed E-state index contributed by atoms with van der Waals surface area (Å²) in [6, 6.07) is 2.97. The normalized spacial score (nSPS) is 27.5. The van der Waals surface area contributed by atoms with Crippen LogP contribution in [0.3, 0.4) is 0 Å². The van der Waals surface area contributed by atoms with Gasteiger partial charge < -0.3 is 4.74 Å². The standard InChI is InChI=1S/C14H18ClNO4S2/c1-16(22(18,19)14-5-4-12(15)21-14)8-13(17)20-11-7-9-2-3-10(11)6-9/h4-5,9-11H,2-3,6-8H2,1H3/t9-,10-,11-/m0/s1. The third-order valence-corrected chi connectivity index (χ3v) is 8.02. The number of hydrogen-bond donors (Lipinski definition) is 0. The first-order chi connectivity index (χ1) is 10.4. The molecule has 0 radical (unpaired) electrons. The zero-order valence-electron chi connectivity index (χ0n) is 12.2. The zero-order chi connectivity index (χ0) is 15.9. The van der Waals surface area contributed by atoms with Gasteiger partial charge in [0.15, 0.2) is 0 Å². The molecule has 1 aromatic heterocycles. The minimum absolute atomic E-state index is 0.0291. The van der Waals surface area contributed by atoms with E-state index in [2.05, 4.69) is 0 Å². The number of carbonyl (C=O) groups is 1. The lowest BCUT2D eigenvalue weighted by atomic mass is 9.98. The SMILES string of the molecule is CN(CC(=O)O[C@H]1C[C@H]2CC[C@H]1C2)S(=O)(=O)c1ccc(Cl)s1. The van der Waals surface area contributed by atoms with Gasteiger partial charge in [-0.2, -0.15) is 4.31 Å². The molecule has 8 heteroatoms. The molecule has 0 unspecified atom stereocenters. The molecule has 2 aliphatic rings. The summed E-state index contributed by atoms with van der Waals surface area (Å²) < 4.78 is 31.7. The number of nitrogens with zero attached hydrogens (tertiary/aromatic N) is 1. The van der Waals surface area contributed by atoms with Crippen molar-refractivity contribution >= 4 is 38.9 Å². The van der Waals surface area contributed by atoms with Crippen molar-refractivity contribution in [3.05, 3.63) is 16.5 Å². The van der Waals surface area contributed by atoms with Gasteiger partial charge in [-0.15, -0.1) is 11.3 Å². The lowest BCUT2D eigenvalue weighted by Crippen LogP contribution is -2.35. The Morgan fingerprint density at radius 3 is 2.73 bits per heavy atom. The number of rotatable bonds is 5. The van der Waals surface area contributed by atoms with Crippen molar-refractivity contribution in [2.75, 3.05) is 13.6 Å². The van der Waals surface area contributed by atoms with Gasteiger partial charge in [-0.1, -0.05) is 11.6 Å². The highest BCUT2D eigenvalue weighted by Gasteiger charge is 2.41. The van der Waals surface area contributed by atoms with Crippen molar-refractivity contribution < 1.29 is 17.9 Å². The number of ether oxygens (including phenoxy) is 1. The summed E-state index contributed by atoms with van der Waals surface area (Å²) in [5.74, 6) is 0.663. The van der Waals surface area contributed by atoms with Crippen molar-refractivity contribution in [3.63, 3.8) is 0 Å². The van der Waals surface area contributed by atoms with Gasteiger partial charge >= 0.3 is 5.97 Å². The van der Waals surface area contributed by atoms with Gasteiger partial charge in [0.1, 0.15) is 16.9 Å². The van der Waals surface area contributed by atoms with Crippen LogP contribution in [0.2, 0.25) is 4.34 Å². The van der Waals surface area contributed by atoms with E-state index in [1.54, 1.807) is 0 Å². The summed E-state index contributed by atoms with van der Waals surface area (Å²) in [7, 11) is -2.31. The van der Waals surface area contributed by atoms with E-state index in [0.717, 1.165) is 34.9 Å². The Bertz CT molecular complexity index is 672. The van der Waals surface area contributed by atoms with Crippen LogP contribution in [0.5, 0.6) is 0 Å². The molecule has 0 amide bonds. The molecule has 3 atom stereocenters. The Balaban J connectivity index is 1.59. The maximum absolute atomic E-state index is 12.3. The monoisotopic (exact) mass is 363 g/mol. The number of halogens is 1. The van der Waals surface area contributed by atoms with Crippen LogP contribution in [0.1, 0.15) is 25.7 Å². The number of fused-ring (bicyclic) bond motifs is 2. The summed E-state index contributed by atoms with van der Waals surface area (Å²) in [5, 5.41) is 0. The average molecular weight is 364 g/mol. The van der Waals surface area contributed by atoms with Crippen molar-refractivity contribution in [2.45, 2.75) is 36.0 Å². The first kappa shape index (κ1) is 16.2. The van der Waals surface area contributed by atoms with Crippen molar-refractivity contribution in [1.29, 1.82) is 0 Å². The molecule has 3 rings (SSSR count). The predicted molar refractivity (Wildman–Crippen MR) is 84.5 cm³/mol. The molecule has 2 aliphatic carbocycles. The van der Waals surface area contributed by atoms with Crippen LogP contribution in [0.15, 0.2) is 16.3 Å². The summed E-state index contributed by atoms with van der Waals surface area (Å²) in [6.07, 6.45) is 4.38. The Morgan fingerprint density at radius 2 is 2.18 bits per heavy atom. The van der Waals surface area contributed by atoms with Gasteiger partial charge in [0.2, 0.25) is 0 Å². The van der Waals surface area contributed by atoms with Gasteiger partial charge in [-0.3, -0.25) is 4.79 Å². The number of sulfonamides is 1. The quantitative estimate of drug-likeness (QED) is 0.754. The molecular formula is C14H18ClNO4S2. The fourth-order valence-corrected chi connectivity index (χ4v) is 6.20. The summed E-state index contributed by atoms with van der Waals surface area (Å²) in [4.78, 5) is 12.0. The van der Waals surface area contributed by atoms with Crippen LogP contribution < -0.4 is 0 Å². The Kier molecular flexibility index (Phi) is 4.51. The Morgan fingerprint density at radius 1 is 1.41 bits per heavy atom. The third-order valence-electron chi connectivity index (χ3n) is 4.52. The van der Waals surface area contributed by atoms with Gasteiger partial charge in [0.05, 0.1) is 4.34 Å². The lowest BCUT2D eigenvalue weighted by molar-refractivity contribution is -0.151. The van der Waals surface area contributed by atoms with Crippen LogP contribution in [-0.2, 0) is 19.6 Å². The highest BCUT2D eigenvalue weighted by Crippen LogP contribution is 2.45. The molecule has 5 nitrogen and oxygen atoms in total. The predicted octanol–water partition coefficient (Wildman–Crippen LogP) is 2.75. The minimum atomic E-state index is -3.69. The number of esters is 1. The fraction of sp³-hybridized carbons (Fsp3) is 0.643. The van der Waals surface area contributed by atoms with Crippen molar-refractivity contribution in [3.8, 4) is 0 Å². The van der Waals surface area contributed by atoms with E-state index in [9.17, 15) is 13.2 Å². The summed E-state index contributed by atoms with van der Waals surface area (Å²) in [5.41, 5.74) is 0. The third kappa shape index (κ3) is 3.18. The first-order valence-electron chi connectivity index (χ1n) is 7.27. The van der Waals surface area contributed by atoms with E-state index in [1.807, 2.05) is 0 Å². The topological polar surface area (TPSA) is 63.7 Å². The first-order valence-corrected chi connectivity index (χ1v) is 9.91. The summed E-state index contributed by atoms with van der Waals surface area (Å²) in [6.45, 7) is -0.272. The number of thiophene rings is 1. The van der Waals surface area contributed by atoms with Gasteiger partial charge in [0.25, 0.3) is 10.0 Å².